The van der Waals surface area contributed by atoms with E-state index in [1.54, 1.807) is 12.1 Å². The van der Waals surface area contributed by atoms with E-state index in [2.05, 4.69) is 20.4 Å². The number of carbonyl (C=O) groups is 1. The van der Waals surface area contributed by atoms with Crippen molar-refractivity contribution in [3.8, 4) is 11.4 Å². The van der Waals surface area contributed by atoms with Crippen LogP contribution in [0.25, 0.3) is 11.4 Å². The maximum absolute atomic E-state index is 12.8. The van der Waals surface area contributed by atoms with Crippen molar-refractivity contribution in [3.05, 3.63) is 64.0 Å². The Kier molecular flexibility index (Phi) is 6.37. The molecule has 8 heteroatoms. The van der Waals surface area contributed by atoms with Gasteiger partial charge in [-0.1, -0.05) is 34.4 Å². The summed E-state index contributed by atoms with van der Waals surface area (Å²) in [5.41, 5.74) is 2.48. The van der Waals surface area contributed by atoms with Gasteiger partial charge < -0.3 is 9.84 Å². The highest BCUT2D eigenvalue weighted by atomic mass is 35.5. The van der Waals surface area contributed by atoms with Crippen LogP contribution in [0.2, 0.25) is 10.0 Å². The summed E-state index contributed by atoms with van der Waals surface area (Å²) in [5.74, 6) is 0.976. The van der Waals surface area contributed by atoms with Crippen LogP contribution in [-0.2, 0) is 11.3 Å². The second-order valence-corrected chi connectivity index (χ2v) is 8.34. The molecule has 2 heterocycles. The lowest BCUT2D eigenvalue weighted by Crippen LogP contribution is -2.40. The van der Waals surface area contributed by atoms with E-state index in [1.807, 2.05) is 37.3 Å². The molecule has 4 rings (SSSR count). The third-order valence-corrected chi connectivity index (χ3v) is 5.99. The van der Waals surface area contributed by atoms with Crippen molar-refractivity contribution >= 4 is 34.8 Å². The number of carbonyl (C=O) groups excluding carboxylic acids is 1. The molecule has 3 aromatic rings. The fourth-order valence-electron chi connectivity index (χ4n) is 3.62. The van der Waals surface area contributed by atoms with Gasteiger partial charge in [0.05, 0.1) is 12.5 Å². The molecular weight excluding hydrogens is 423 g/mol. The fourth-order valence-corrected chi connectivity index (χ4v) is 3.92. The predicted octanol–water partition coefficient (Wildman–Crippen LogP) is 5.20. The van der Waals surface area contributed by atoms with Crippen LogP contribution in [0, 0.1) is 12.8 Å². The van der Waals surface area contributed by atoms with Crippen LogP contribution < -0.4 is 5.32 Å². The Labute approximate surface area is 185 Å². The van der Waals surface area contributed by atoms with Crippen LogP contribution in [0.3, 0.4) is 0 Å². The molecule has 156 valence electrons. The summed E-state index contributed by atoms with van der Waals surface area (Å²) < 4.78 is 5.42. The summed E-state index contributed by atoms with van der Waals surface area (Å²) in [5, 5.41) is 8.39. The number of halogens is 2. The van der Waals surface area contributed by atoms with Gasteiger partial charge in [0.2, 0.25) is 17.6 Å². The molecule has 30 heavy (non-hydrogen) atoms. The van der Waals surface area contributed by atoms with Crippen LogP contribution in [0.4, 0.5) is 5.69 Å². The summed E-state index contributed by atoms with van der Waals surface area (Å²) in [6.45, 7) is 3.95. The van der Waals surface area contributed by atoms with Gasteiger partial charge in [-0.05, 0) is 68.3 Å². The van der Waals surface area contributed by atoms with E-state index in [-0.39, 0.29) is 11.8 Å². The van der Waals surface area contributed by atoms with Gasteiger partial charge in [0, 0.05) is 27.8 Å². The summed E-state index contributed by atoms with van der Waals surface area (Å²) in [6, 6.07) is 12.8. The van der Waals surface area contributed by atoms with Crippen molar-refractivity contribution < 1.29 is 9.32 Å². The zero-order valence-electron chi connectivity index (χ0n) is 16.6. The van der Waals surface area contributed by atoms with Crippen LogP contribution in [-0.4, -0.2) is 34.0 Å². The molecule has 1 aromatic heterocycles. The van der Waals surface area contributed by atoms with Gasteiger partial charge in [-0.25, -0.2) is 0 Å². The Morgan fingerprint density at radius 2 is 2.03 bits per heavy atom. The molecule has 1 amide bonds. The average Bonchev–Trinajstić information content (AvgIpc) is 3.20. The number of nitrogens with one attached hydrogen (secondary N) is 1. The second kappa shape index (κ2) is 9.16. The molecule has 6 nitrogen and oxygen atoms in total. The first-order chi connectivity index (χ1) is 14.5. The minimum Gasteiger partial charge on any atom is -0.338 e. The predicted molar refractivity (Wildman–Crippen MR) is 118 cm³/mol. The zero-order chi connectivity index (χ0) is 21.1. The largest absolute Gasteiger partial charge is 0.338 e. The van der Waals surface area contributed by atoms with Crippen molar-refractivity contribution in [1.29, 1.82) is 0 Å². The number of nitrogens with zero attached hydrogens (tertiary/aromatic N) is 3. The van der Waals surface area contributed by atoms with Crippen molar-refractivity contribution in [1.82, 2.24) is 15.0 Å². The molecule has 0 spiro atoms. The van der Waals surface area contributed by atoms with E-state index in [1.165, 1.54) is 0 Å². The van der Waals surface area contributed by atoms with Crippen LogP contribution >= 0.6 is 23.2 Å². The Hall–Kier alpha value is -2.41. The molecule has 1 fully saturated rings. The summed E-state index contributed by atoms with van der Waals surface area (Å²) in [4.78, 5) is 19.5. The van der Waals surface area contributed by atoms with E-state index in [4.69, 9.17) is 27.7 Å². The van der Waals surface area contributed by atoms with E-state index < -0.39 is 0 Å². The van der Waals surface area contributed by atoms with Crippen LogP contribution in [0.1, 0.15) is 24.3 Å². The number of hydrogen-bond donors (Lipinski definition) is 1. The topological polar surface area (TPSA) is 71.3 Å². The number of benzene rings is 2. The highest BCUT2D eigenvalue weighted by Crippen LogP contribution is 2.26. The molecule has 0 saturated carbocycles. The third-order valence-electron chi connectivity index (χ3n) is 5.33. The quantitative estimate of drug-likeness (QED) is 0.585. The van der Waals surface area contributed by atoms with E-state index >= 15 is 0 Å². The molecule has 1 saturated heterocycles. The van der Waals surface area contributed by atoms with Gasteiger partial charge in [0.25, 0.3) is 0 Å². The van der Waals surface area contributed by atoms with E-state index in [0.29, 0.717) is 34.8 Å². The summed E-state index contributed by atoms with van der Waals surface area (Å²) >= 11 is 12.1. The molecule has 1 atom stereocenters. The zero-order valence-corrected chi connectivity index (χ0v) is 18.1. The molecule has 0 bridgehead atoms. The second-order valence-electron chi connectivity index (χ2n) is 7.49. The molecule has 0 radical (unpaired) electrons. The third kappa shape index (κ3) is 4.83. The molecule has 1 unspecified atom stereocenters. The first-order valence-corrected chi connectivity index (χ1v) is 10.6. The number of piperidine rings is 1. The molecular formula is C22H22Cl2N4O2. The standard InChI is InChI=1S/C22H22Cl2N4O2/c1-14-18(24)5-2-6-19(14)25-22(29)16-4-3-11-28(12-16)13-20-26-21(27-30-20)15-7-9-17(23)10-8-15/h2,5-10,16H,3-4,11-13H2,1H3,(H,25,29). The fraction of sp³-hybridized carbons (Fsp3) is 0.318. The maximum atomic E-state index is 12.8. The maximum Gasteiger partial charge on any atom is 0.241 e. The Bertz CT molecular complexity index is 1040. The van der Waals surface area contributed by atoms with Gasteiger partial charge in [-0.2, -0.15) is 4.98 Å². The lowest BCUT2D eigenvalue weighted by molar-refractivity contribution is -0.121. The first-order valence-electron chi connectivity index (χ1n) is 9.86. The Balaban J connectivity index is 1.38. The van der Waals surface area contributed by atoms with Crippen molar-refractivity contribution in [2.45, 2.75) is 26.3 Å². The number of rotatable bonds is 5. The van der Waals surface area contributed by atoms with Crippen LogP contribution in [0.15, 0.2) is 47.0 Å². The highest BCUT2D eigenvalue weighted by Gasteiger charge is 2.27. The van der Waals surface area contributed by atoms with Crippen molar-refractivity contribution in [2.75, 3.05) is 18.4 Å². The Morgan fingerprint density at radius 3 is 2.83 bits per heavy atom. The molecule has 0 aliphatic carbocycles. The Morgan fingerprint density at radius 1 is 1.23 bits per heavy atom. The normalized spacial score (nSPS) is 17.1. The lowest BCUT2D eigenvalue weighted by Gasteiger charge is -2.31. The first kappa shape index (κ1) is 20.8. The van der Waals surface area contributed by atoms with Crippen molar-refractivity contribution in [2.24, 2.45) is 5.92 Å². The van der Waals surface area contributed by atoms with Gasteiger partial charge in [-0.3, -0.25) is 9.69 Å². The van der Waals surface area contributed by atoms with Crippen LogP contribution in [0.5, 0.6) is 0 Å². The van der Waals surface area contributed by atoms with E-state index in [9.17, 15) is 4.79 Å². The molecule has 1 N–H and O–H groups in total. The minimum atomic E-state index is -0.101. The van der Waals surface area contributed by atoms with Crippen molar-refractivity contribution in [3.63, 3.8) is 0 Å². The van der Waals surface area contributed by atoms with Gasteiger partial charge in [-0.15, -0.1) is 0 Å². The average molecular weight is 445 g/mol. The molecule has 1 aliphatic rings. The number of likely N-dealkylation sites (tertiary alicyclic amines) is 1. The minimum absolute atomic E-state index is 0.0115. The van der Waals surface area contributed by atoms with E-state index in [0.717, 1.165) is 36.2 Å². The monoisotopic (exact) mass is 444 g/mol. The SMILES string of the molecule is Cc1c(Cl)cccc1NC(=O)C1CCCN(Cc2nc(-c3ccc(Cl)cc3)no2)C1. The molecule has 1 aliphatic heterocycles. The number of aromatic nitrogens is 2. The smallest absolute Gasteiger partial charge is 0.241 e. The van der Waals surface area contributed by atoms with Gasteiger partial charge >= 0.3 is 0 Å². The summed E-state index contributed by atoms with van der Waals surface area (Å²) in [6.07, 6.45) is 1.78. The lowest BCUT2D eigenvalue weighted by atomic mass is 9.97. The number of anilines is 1. The van der Waals surface area contributed by atoms with Gasteiger partial charge in [0.15, 0.2) is 0 Å². The number of amides is 1. The highest BCUT2D eigenvalue weighted by molar-refractivity contribution is 6.31. The summed E-state index contributed by atoms with van der Waals surface area (Å²) in [7, 11) is 0. The molecule has 2 aromatic carbocycles. The van der Waals surface area contributed by atoms with Gasteiger partial charge in [0.1, 0.15) is 0 Å². The number of hydrogen-bond acceptors (Lipinski definition) is 5.